The van der Waals surface area contributed by atoms with E-state index in [9.17, 15) is 5.11 Å². The number of nitrogens with zero attached hydrogens (tertiary/aromatic N) is 1. The Morgan fingerprint density at radius 2 is 1.88 bits per heavy atom. The molecule has 0 amide bonds. The molecule has 4 aliphatic carbocycles. The first-order valence-corrected chi connectivity index (χ1v) is 10.00. The number of rotatable bonds is 1. The van der Waals surface area contributed by atoms with Crippen LogP contribution < -0.4 is 0 Å². The first-order valence-electron chi connectivity index (χ1n) is 10.00. The molecule has 4 rings (SSSR count). The molecule has 0 aliphatic heterocycles. The van der Waals surface area contributed by atoms with Crippen molar-refractivity contribution in [2.75, 3.05) is 0 Å². The molecule has 0 bridgehead atoms. The second-order valence-corrected chi connectivity index (χ2v) is 9.56. The molecule has 4 aliphatic rings. The molecule has 0 heterocycles. The van der Waals surface area contributed by atoms with Crippen molar-refractivity contribution in [1.82, 2.24) is 0 Å². The van der Waals surface area contributed by atoms with Gasteiger partial charge in [0.25, 0.3) is 0 Å². The van der Waals surface area contributed by atoms with Crippen molar-refractivity contribution in [3.8, 4) is 0 Å². The molecule has 3 heteroatoms. The van der Waals surface area contributed by atoms with Gasteiger partial charge in [-0.3, -0.25) is 0 Å². The molecule has 0 saturated heterocycles. The zero-order chi connectivity index (χ0) is 17.1. The minimum atomic E-state index is -0.163. The SMILES string of the molecule is C[C@H](O)[C@H]1CC[C@H]2[C@@H]3CCC4=C/C(=N/O)CC[C@]4(C)[C@H]3CC[C@]12C. The zero-order valence-corrected chi connectivity index (χ0v) is 15.5. The first-order chi connectivity index (χ1) is 11.4. The lowest BCUT2D eigenvalue weighted by Gasteiger charge is -2.58. The van der Waals surface area contributed by atoms with Crippen LogP contribution in [0.25, 0.3) is 0 Å². The topological polar surface area (TPSA) is 52.8 Å². The van der Waals surface area contributed by atoms with E-state index in [4.69, 9.17) is 5.21 Å². The molecule has 7 atom stereocenters. The van der Waals surface area contributed by atoms with Gasteiger partial charge in [-0.2, -0.15) is 0 Å². The van der Waals surface area contributed by atoms with Gasteiger partial charge in [0.2, 0.25) is 0 Å². The van der Waals surface area contributed by atoms with E-state index in [-0.39, 0.29) is 6.10 Å². The summed E-state index contributed by atoms with van der Waals surface area (Å²) in [7, 11) is 0. The number of oxime groups is 1. The standard InChI is InChI=1S/C21H33NO2/c1-13(23)17-6-7-18-16-5-4-14-12-15(22-24)8-10-20(14,2)19(16)9-11-21(17,18)3/h12-13,16-19,23-24H,4-11H2,1-3H3/b22-15+/t13-,16-,17+,18-,19-,20-,21+/m0/s1. The molecular formula is C21H33NO2. The Balaban J connectivity index is 1.65. The average Bonchev–Trinajstić information content (AvgIpc) is 2.91. The van der Waals surface area contributed by atoms with E-state index in [0.717, 1.165) is 36.3 Å². The molecule has 0 aromatic rings. The Labute approximate surface area is 146 Å². The van der Waals surface area contributed by atoms with Gasteiger partial charge in [0.05, 0.1) is 11.8 Å². The van der Waals surface area contributed by atoms with Crippen molar-refractivity contribution in [3.05, 3.63) is 11.6 Å². The maximum absolute atomic E-state index is 10.3. The van der Waals surface area contributed by atoms with E-state index in [2.05, 4.69) is 25.1 Å². The van der Waals surface area contributed by atoms with Crippen LogP contribution in [0, 0.1) is 34.5 Å². The summed E-state index contributed by atoms with van der Waals surface area (Å²) >= 11 is 0. The van der Waals surface area contributed by atoms with Crippen molar-refractivity contribution in [3.63, 3.8) is 0 Å². The minimum Gasteiger partial charge on any atom is -0.411 e. The number of aliphatic hydroxyl groups excluding tert-OH is 1. The fourth-order valence-corrected chi connectivity index (χ4v) is 7.48. The molecule has 0 aromatic carbocycles. The van der Waals surface area contributed by atoms with Gasteiger partial charge in [0.1, 0.15) is 0 Å². The van der Waals surface area contributed by atoms with Gasteiger partial charge < -0.3 is 10.3 Å². The van der Waals surface area contributed by atoms with Crippen molar-refractivity contribution >= 4 is 5.71 Å². The fraction of sp³-hybridized carbons (Fsp3) is 0.857. The summed E-state index contributed by atoms with van der Waals surface area (Å²) in [4.78, 5) is 0. The van der Waals surface area contributed by atoms with Gasteiger partial charge >= 0.3 is 0 Å². The highest BCUT2D eigenvalue weighted by molar-refractivity contribution is 5.96. The molecule has 0 unspecified atom stereocenters. The van der Waals surface area contributed by atoms with Gasteiger partial charge in [-0.05, 0) is 98.9 Å². The van der Waals surface area contributed by atoms with Crippen LogP contribution in [0.3, 0.4) is 0 Å². The van der Waals surface area contributed by atoms with Gasteiger partial charge in [-0.25, -0.2) is 0 Å². The summed E-state index contributed by atoms with van der Waals surface area (Å²) in [5.74, 6) is 2.89. The lowest BCUT2D eigenvalue weighted by Crippen LogP contribution is -2.51. The van der Waals surface area contributed by atoms with Crippen LogP contribution in [0.4, 0.5) is 0 Å². The van der Waals surface area contributed by atoms with Gasteiger partial charge in [-0.15, -0.1) is 0 Å². The molecule has 0 aromatic heterocycles. The van der Waals surface area contributed by atoms with E-state index < -0.39 is 0 Å². The highest BCUT2D eigenvalue weighted by atomic mass is 16.4. The van der Waals surface area contributed by atoms with E-state index in [1.807, 2.05) is 6.92 Å². The predicted octanol–water partition coefficient (Wildman–Crippen LogP) is 4.78. The van der Waals surface area contributed by atoms with Crippen LogP contribution in [0.1, 0.15) is 72.1 Å². The lowest BCUT2D eigenvalue weighted by molar-refractivity contribution is -0.0682. The van der Waals surface area contributed by atoms with Gasteiger partial charge in [-0.1, -0.05) is 24.6 Å². The number of allylic oxidation sites excluding steroid dienone is 2. The molecule has 3 saturated carbocycles. The maximum atomic E-state index is 10.3. The number of fused-ring (bicyclic) bond motifs is 5. The molecule has 3 nitrogen and oxygen atoms in total. The monoisotopic (exact) mass is 331 g/mol. The molecule has 3 fully saturated rings. The zero-order valence-electron chi connectivity index (χ0n) is 15.5. The van der Waals surface area contributed by atoms with E-state index in [0.29, 0.717) is 16.7 Å². The normalized spacial score (nSPS) is 50.7. The van der Waals surface area contributed by atoms with Gasteiger partial charge in [0, 0.05) is 0 Å². The summed E-state index contributed by atoms with van der Waals surface area (Å²) < 4.78 is 0. The minimum absolute atomic E-state index is 0.163. The Bertz CT molecular complexity index is 580. The molecule has 0 radical (unpaired) electrons. The van der Waals surface area contributed by atoms with E-state index in [1.165, 1.54) is 44.1 Å². The lowest BCUT2D eigenvalue weighted by atomic mass is 9.46. The summed E-state index contributed by atoms with van der Waals surface area (Å²) in [6, 6.07) is 0. The molecule has 24 heavy (non-hydrogen) atoms. The van der Waals surface area contributed by atoms with Crippen LogP contribution in [0.2, 0.25) is 0 Å². The average molecular weight is 332 g/mol. The number of aliphatic hydroxyl groups is 1. The van der Waals surface area contributed by atoms with Crippen LogP contribution in [-0.2, 0) is 0 Å². The Morgan fingerprint density at radius 3 is 2.58 bits per heavy atom. The Hall–Kier alpha value is -0.830. The van der Waals surface area contributed by atoms with Crippen molar-refractivity contribution in [2.45, 2.75) is 78.2 Å². The van der Waals surface area contributed by atoms with Crippen molar-refractivity contribution < 1.29 is 10.3 Å². The molecule has 2 N–H and O–H groups in total. The summed E-state index contributed by atoms with van der Waals surface area (Å²) in [5, 5.41) is 22.9. The second-order valence-electron chi connectivity index (χ2n) is 9.56. The highest BCUT2D eigenvalue weighted by Gasteiger charge is 2.59. The first kappa shape index (κ1) is 16.6. The third-order valence-corrected chi connectivity index (χ3v) is 8.76. The van der Waals surface area contributed by atoms with Crippen LogP contribution in [0.5, 0.6) is 0 Å². The predicted molar refractivity (Wildman–Crippen MR) is 96.1 cm³/mol. The van der Waals surface area contributed by atoms with Crippen LogP contribution in [0.15, 0.2) is 16.8 Å². The molecule has 0 spiro atoms. The summed E-state index contributed by atoms with van der Waals surface area (Å²) in [6.07, 6.45) is 11.7. The Kier molecular flexibility index (Phi) is 3.87. The number of hydrogen-bond acceptors (Lipinski definition) is 3. The largest absolute Gasteiger partial charge is 0.411 e. The van der Waals surface area contributed by atoms with E-state index in [1.54, 1.807) is 0 Å². The Morgan fingerprint density at radius 1 is 1.08 bits per heavy atom. The second kappa shape index (κ2) is 5.59. The maximum Gasteiger partial charge on any atom is 0.0795 e. The quantitative estimate of drug-likeness (QED) is 0.537. The summed E-state index contributed by atoms with van der Waals surface area (Å²) in [6.45, 7) is 6.96. The summed E-state index contributed by atoms with van der Waals surface area (Å²) in [5.41, 5.74) is 3.06. The van der Waals surface area contributed by atoms with Crippen LogP contribution in [-0.4, -0.2) is 22.1 Å². The van der Waals surface area contributed by atoms with Gasteiger partial charge in [0.15, 0.2) is 0 Å². The third-order valence-electron chi connectivity index (χ3n) is 8.76. The highest BCUT2D eigenvalue weighted by Crippen LogP contribution is 2.66. The smallest absolute Gasteiger partial charge is 0.0795 e. The molecular weight excluding hydrogens is 298 g/mol. The molecule has 134 valence electrons. The van der Waals surface area contributed by atoms with E-state index >= 15 is 0 Å². The van der Waals surface area contributed by atoms with Crippen molar-refractivity contribution in [2.24, 2.45) is 39.7 Å². The van der Waals surface area contributed by atoms with Crippen LogP contribution >= 0.6 is 0 Å². The fourth-order valence-electron chi connectivity index (χ4n) is 7.48. The number of hydrogen-bond donors (Lipinski definition) is 2. The third kappa shape index (κ3) is 2.16. The van der Waals surface area contributed by atoms with Crippen molar-refractivity contribution in [1.29, 1.82) is 0 Å².